The number of halogens is 3. The third-order valence-corrected chi connectivity index (χ3v) is 6.24. The minimum absolute atomic E-state index is 0.0555. The van der Waals surface area contributed by atoms with Crippen molar-refractivity contribution < 1.29 is 18.0 Å². The highest BCUT2D eigenvalue weighted by atomic mass is 19.4. The summed E-state index contributed by atoms with van der Waals surface area (Å²) in [5, 5.41) is 3.16. The fraction of sp³-hybridized carbons (Fsp3) is 0.478. The van der Waals surface area contributed by atoms with Crippen LogP contribution in [-0.4, -0.2) is 29.5 Å². The van der Waals surface area contributed by atoms with E-state index in [9.17, 15) is 18.0 Å². The summed E-state index contributed by atoms with van der Waals surface area (Å²) in [6.07, 6.45) is 2.06. The van der Waals surface area contributed by atoms with E-state index in [2.05, 4.69) is 22.4 Å². The van der Waals surface area contributed by atoms with Crippen molar-refractivity contribution in [2.45, 2.75) is 56.7 Å². The highest BCUT2D eigenvalue weighted by Crippen LogP contribution is 2.40. The largest absolute Gasteiger partial charge is 0.417 e. The molecule has 30 heavy (non-hydrogen) atoms. The molecule has 1 aliphatic carbocycles. The summed E-state index contributed by atoms with van der Waals surface area (Å²) in [6.45, 7) is 3.05. The molecule has 160 valence electrons. The Morgan fingerprint density at radius 2 is 1.97 bits per heavy atom. The van der Waals surface area contributed by atoms with Gasteiger partial charge in [-0.1, -0.05) is 31.2 Å². The number of anilines is 1. The van der Waals surface area contributed by atoms with Crippen molar-refractivity contribution in [3.05, 3.63) is 59.4 Å². The highest BCUT2D eigenvalue weighted by molar-refractivity contribution is 5.79. The minimum atomic E-state index is -4.42. The monoisotopic (exact) mass is 417 g/mol. The molecule has 0 unspecified atom stereocenters. The molecule has 4 nitrogen and oxygen atoms in total. The normalized spacial score (nSPS) is 21.7. The first kappa shape index (κ1) is 20.7. The zero-order valence-electron chi connectivity index (χ0n) is 17.0. The maximum atomic E-state index is 13.0. The van der Waals surface area contributed by atoms with Gasteiger partial charge in [0.25, 0.3) is 0 Å². The Kier molecular flexibility index (Phi) is 5.47. The standard InChI is InChI=1S/C23H26F3N3O/c1-2-22(28-21(30)11-16-3-5-17(6-4-16)18-7-8-18)9-10-29(15-22)20-12-19(13-27-14-20)23(24,25)26/h3-6,12-14,18H,2,7-11,15H2,1H3,(H,28,30)/t22-/m0/s1. The molecule has 0 bridgehead atoms. The Bertz CT molecular complexity index is 909. The Hall–Kier alpha value is -2.57. The molecule has 1 amide bonds. The van der Waals surface area contributed by atoms with Gasteiger partial charge in [0.05, 0.1) is 29.4 Å². The molecule has 7 heteroatoms. The number of aromatic nitrogens is 1. The van der Waals surface area contributed by atoms with Crippen LogP contribution in [0.15, 0.2) is 42.7 Å². The van der Waals surface area contributed by atoms with Gasteiger partial charge in [-0.15, -0.1) is 0 Å². The van der Waals surface area contributed by atoms with Gasteiger partial charge < -0.3 is 10.2 Å². The van der Waals surface area contributed by atoms with Crippen molar-refractivity contribution in [1.82, 2.24) is 10.3 Å². The van der Waals surface area contributed by atoms with Crippen LogP contribution < -0.4 is 10.2 Å². The third kappa shape index (κ3) is 4.60. The van der Waals surface area contributed by atoms with Gasteiger partial charge in [0.1, 0.15) is 0 Å². The third-order valence-electron chi connectivity index (χ3n) is 6.24. The summed E-state index contributed by atoms with van der Waals surface area (Å²) in [4.78, 5) is 18.3. The fourth-order valence-corrected chi connectivity index (χ4v) is 4.18. The minimum Gasteiger partial charge on any atom is -0.368 e. The number of amides is 1. The van der Waals surface area contributed by atoms with Gasteiger partial charge in [0, 0.05) is 19.3 Å². The second kappa shape index (κ2) is 7.93. The van der Waals surface area contributed by atoms with Crippen LogP contribution in [0.5, 0.6) is 0 Å². The lowest BCUT2D eigenvalue weighted by molar-refractivity contribution is -0.137. The first-order chi connectivity index (χ1) is 14.3. The van der Waals surface area contributed by atoms with Crippen molar-refractivity contribution in [3.63, 3.8) is 0 Å². The Morgan fingerprint density at radius 1 is 1.23 bits per heavy atom. The lowest BCUT2D eigenvalue weighted by atomic mass is 9.94. The number of carbonyl (C=O) groups is 1. The molecule has 1 aromatic carbocycles. The number of nitrogens with one attached hydrogen (secondary N) is 1. The number of nitrogens with zero attached hydrogens (tertiary/aromatic N) is 2. The second-order valence-electron chi connectivity index (χ2n) is 8.48. The van der Waals surface area contributed by atoms with Crippen LogP contribution in [0.2, 0.25) is 0 Å². The van der Waals surface area contributed by atoms with E-state index in [0.29, 0.717) is 44.0 Å². The van der Waals surface area contributed by atoms with E-state index in [-0.39, 0.29) is 5.91 Å². The molecule has 2 aromatic rings. The van der Waals surface area contributed by atoms with Crippen LogP contribution in [0.4, 0.5) is 18.9 Å². The van der Waals surface area contributed by atoms with Gasteiger partial charge >= 0.3 is 6.18 Å². The molecule has 1 saturated carbocycles. The predicted molar refractivity (Wildman–Crippen MR) is 109 cm³/mol. The van der Waals surface area contributed by atoms with Crippen LogP contribution in [0.25, 0.3) is 0 Å². The highest BCUT2D eigenvalue weighted by Gasteiger charge is 2.39. The second-order valence-corrected chi connectivity index (χ2v) is 8.48. The lowest BCUT2D eigenvalue weighted by Crippen LogP contribution is -2.50. The van der Waals surface area contributed by atoms with Gasteiger partial charge in [0.2, 0.25) is 5.91 Å². The number of benzene rings is 1. The van der Waals surface area contributed by atoms with Gasteiger partial charge in [-0.05, 0) is 48.8 Å². The average molecular weight is 417 g/mol. The van der Waals surface area contributed by atoms with Crippen LogP contribution >= 0.6 is 0 Å². The molecule has 2 aliphatic rings. The molecule has 1 aromatic heterocycles. The topological polar surface area (TPSA) is 45.2 Å². The van der Waals surface area contributed by atoms with Crippen molar-refractivity contribution in [2.75, 3.05) is 18.0 Å². The summed E-state index contributed by atoms with van der Waals surface area (Å²) < 4.78 is 39.0. The number of carbonyl (C=O) groups excluding carboxylic acids is 1. The van der Waals surface area contributed by atoms with E-state index in [1.807, 2.05) is 24.0 Å². The van der Waals surface area contributed by atoms with Crippen LogP contribution in [0, 0.1) is 0 Å². The molecule has 1 N–H and O–H groups in total. The number of rotatable bonds is 6. The number of hydrogen-bond donors (Lipinski definition) is 1. The van der Waals surface area contributed by atoms with Gasteiger partial charge in [0.15, 0.2) is 0 Å². The van der Waals surface area contributed by atoms with E-state index < -0.39 is 17.3 Å². The zero-order valence-corrected chi connectivity index (χ0v) is 17.0. The van der Waals surface area contributed by atoms with Gasteiger partial charge in [-0.2, -0.15) is 13.2 Å². The molecule has 1 saturated heterocycles. The average Bonchev–Trinajstić information content (AvgIpc) is 3.48. The van der Waals surface area contributed by atoms with Gasteiger partial charge in [-0.25, -0.2) is 0 Å². The molecule has 0 radical (unpaired) electrons. The summed E-state index contributed by atoms with van der Waals surface area (Å²) in [6, 6.07) is 9.37. The summed E-state index contributed by atoms with van der Waals surface area (Å²) >= 11 is 0. The quantitative estimate of drug-likeness (QED) is 0.741. The number of hydrogen-bond acceptors (Lipinski definition) is 3. The van der Waals surface area contributed by atoms with E-state index >= 15 is 0 Å². The lowest BCUT2D eigenvalue weighted by Gasteiger charge is -2.30. The Morgan fingerprint density at radius 3 is 2.60 bits per heavy atom. The maximum absolute atomic E-state index is 13.0. The van der Waals surface area contributed by atoms with E-state index in [1.165, 1.54) is 24.6 Å². The molecule has 0 spiro atoms. The summed E-state index contributed by atoms with van der Waals surface area (Å²) in [5.41, 5.74) is 1.54. The molecular weight excluding hydrogens is 391 g/mol. The molecule has 1 atom stereocenters. The first-order valence-corrected chi connectivity index (χ1v) is 10.4. The molecule has 2 fully saturated rings. The Labute approximate surface area is 174 Å². The van der Waals surface area contributed by atoms with E-state index in [4.69, 9.17) is 0 Å². The maximum Gasteiger partial charge on any atom is 0.417 e. The van der Waals surface area contributed by atoms with Crippen molar-refractivity contribution >= 4 is 11.6 Å². The molecule has 1 aliphatic heterocycles. The first-order valence-electron chi connectivity index (χ1n) is 10.4. The number of pyridine rings is 1. The number of alkyl halides is 3. The summed E-state index contributed by atoms with van der Waals surface area (Å²) in [7, 11) is 0. The Balaban J connectivity index is 1.40. The van der Waals surface area contributed by atoms with E-state index in [1.54, 1.807) is 0 Å². The molecule has 2 heterocycles. The predicted octanol–water partition coefficient (Wildman–Crippen LogP) is 4.70. The molecule has 4 rings (SSSR count). The van der Waals surface area contributed by atoms with Crippen molar-refractivity contribution in [3.8, 4) is 0 Å². The summed E-state index contributed by atoms with van der Waals surface area (Å²) in [5.74, 6) is 0.631. The van der Waals surface area contributed by atoms with Crippen molar-refractivity contribution in [1.29, 1.82) is 0 Å². The van der Waals surface area contributed by atoms with Gasteiger partial charge in [-0.3, -0.25) is 9.78 Å². The van der Waals surface area contributed by atoms with E-state index in [0.717, 1.165) is 17.8 Å². The van der Waals surface area contributed by atoms with Crippen LogP contribution in [0.3, 0.4) is 0 Å². The smallest absolute Gasteiger partial charge is 0.368 e. The molecular formula is C23H26F3N3O. The SMILES string of the molecule is CC[C@]1(NC(=O)Cc2ccc(C3CC3)cc2)CCN(c2cncc(C(F)(F)F)c2)C1. The fourth-order valence-electron chi connectivity index (χ4n) is 4.18. The van der Waals surface area contributed by atoms with Crippen LogP contribution in [-0.2, 0) is 17.4 Å². The van der Waals surface area contributed by atoms with Crippen LogP contribution in [0.1, 0.15) is 55.2 Å². The zero-order chi connectivity index (χ0) is 21.4. The van der Waals surface area contributed by atoms with Crippen molar-refractivity contribution in [2.24, 2.45) is 0 Å².